The van der Waals surface area contributed by atoms with E-state index < -0.39 is 0 Å². The summed E-state index contributed by atoms with van der Waals surface area (Å²) in [6, 6.07) is 7.69. The Morgan fingerprint density at radius 1 is 1.26 bits per heavy atom. The molecule has 2 aromatic heterocycles. The number of pyridine rings is 2. The van der Waals surface area contributed by atoms with Gasteiger partial charge in [-0.2, -0.15) is 0 Å². The molecule has 2 heterocycles. The second kappa shape index (κ2) is 4.97. The van der Waals surface area contributed by atoms with Gasteiger partial charge >= 0.3 is 0 Å². The standard InChI is InChI=1S/C15H17N3O/c16-13-2-3-14-12(9-13)1-4-15(19)18(14)10-11-5-7-17-8-6-11/h1,4-8,13H,2-3,9-10,16H2/t13-/m1/s1. The smallest absolute Gasteiger partial charge is 0.251 e. The van der Waals surface area contributed by atoms with Crippen LogP contribution in [0.3, 0.4) is 0 Å². The Labute approximate surface area is 111 Å². The molecule has 2 N–H and O–H groups in total. The van der Waals surface area contributed by atoms with Crippen LogP contribution in [0.25, 0.3) is 0 Å². The van der Waals surface area contributed by atoms with Crippen LogP contribution in [0.15, 0.2) is 41.5 Å². The first-order valence-electron chi connectivity index (χ1n) is 6.60. The summed E-state index contributed by atoms with van der Waals surface area (Å²) < 4.78 is 1.87. The Hall–Kier alpha value is -1.94. The lowest BCUT2D eigenvalue weighted by atomic mass is 9.92. The number of nitrogens with two attached hydrogens (primary N) is 1. The second-order valence-corrected chi connectivity index (χ2v) is 5.09. The molecule has 0 saturated heterocycles. The van der Waals surface area contributed by atoms with Crippen molar-refractivity contribution in [1.82, 2.24) is 9.55 Å². The Kier molecular flexibility index (Phi) is 3.17. The predicted octanol–water partition coefficient (Wildman–Crippen LogP) is 1.11. The van der Waals surface area contributed by atoms with E-state index in [0.717, 1.165) is 30.5 Å². The van der Waals surface area contributed by atoms with Gasteiger partial charge in [0, 0.05) is 30.2 Å². The van der Waals surface area contributed by atoms with Crippen LogP contribution < -0.4 is 11.3 Å². The fourth-order valence-electron chi connectivity index (χ4n) is 2.70. The minimum atomic E-state index is 0.0611. The van der Waals surface area contributed by atoms with Gasteiger partial charge in [-0.1, -0.05) is 6.07 Å². The van der Waals surface area contributed by atoms with Crippen molar-refractivity contribution in [3.8, 4) is 0 Å². The van der Waals surface area contributed by atoms with Gasteiger partial charge in [0.15, 0.2) is 0 Å². The van der Waals surface area contributed by atoms with E-state index in [4.69, 9.17) is 5.73 Å². The molecule has 2 aromatic rings. The molecule has 0 saturated carbocycles. The molecule has 0 fully saturated rings. The van der Waals surface area contributed by atoms with Crippen molar-refractivity contribution < 1.29 is 0 Å². The van der Waals surface area contributed by atoms with E-state index in [9.17, 15) is 4.79 Å². The molecule has 1 aliphatic carbocycles. The third kappa shape index (κ3) is 2.44. The summed E-state index contributed by atoms with van der Waals surface area (Å²) in [7, 11) is 0. The topological polar surface area (TPSA) is 60.9 Å². The van der Waals surface area contributed by atoms with Crippen molar-refractivity contribution in [3.05, 3.63) is 63.8 Å². The van der Waals surface area contributed by atoms with E-state index in [1.54, 1.807) is 18.5 Å². The molecule has 4 heteroatoms. The molecule has 0 unspecified atom stereocenters. The highest BCUT2D eigenvalue weighted by Crippen LogP contribution is 2.19. The van der Waals surface area contributed by atoms with Crippen LogP contribution in [0.2, 0.25) is 0 Å². The maximum Gasteiger partial charge on any atom is 0.251 e. The van der Waals surface area contributed by atoms with E-state index in [1.807, 2.05) is 22.8 Å². The first-order chi connectivity index (χ1) is 9.24. The normalized spacial score (nSPS) is 18.1. The Morgan fingerprint density at radius 2 is 2.05 bits per heavy atom. The number of fused-ring (bicyclic) bond motifs is 1. The molecule has 0 aliphatic heterocycles. The highest BCUT2D eigenvalue weighted by Gasteiger charge is 2.18. The van der Waals surface area contributed by atoms with Gasteiger partial charge in [0.25, 0.3) is 5.56 Å². The molecule has 0 aromatic carbocycles. The van der Waals surface area contributed by atoms with Gasteiger partial charge in [-0.3, -0.25) is 9.78 Å². The van der Waals surface area contributed by atoms with Gasteiger partial charge in [-0.15, -0.1) is 0 Å². The number of nitrogens with zero attached hydrogens (tertiary/aromatic N) is 2. The van der Waals surface area contributed by atoms with Crippen LogP contribution in [-0.2, 0) is 19.4 Å². The van der Waals surface area contributed by atoms with E-state index in [2.05, 4.69) is 4.98 Å². The molecule has 3 rings (SSSR count). The lowest BCUT2D eigenvalue weighted by Crippen LogP contribution is -2.33. The zero-order valence-electron chi connectivity index (χ0n) is 10.7. The highest BCUT2D eigenvalue weighted by atomic mass is 16.1. The van der Waals surface area contributed by atoms with Crippen molar-refractivity contribution >= 4 is 0 Å². The van der Waals surface area contributed by atoms with Crippen molar-refractivity contribution in [2.45, 2.75) is 31.8 Å². The van der Waals surface area contributed by atoms with Crippen molar-refractivity contribution in [2.75, 3.05) is 0 Å². The van der Waals surface area contributed by atoms with Crippen LogP contribution in [0, 0.1) is 0 Å². The summed E-state index contributed by atoms with van der Waals surface area (Å²) in [5.41, 5.74) is 9.51. The molecular weight excluding hydrogens is 238 g/mol. The van der Waals surface area contributed by atoms with Crippen molar-refractivity contribution in [1.29, 1.82) is 0 Å². The summed E-state index contributed by atoms with van der Waals surface area (Å²) in [6.07, 6.45) is 6.22. The van der Waals surface area contributed by atoms with Crippen LogP contribution in [0.4, 0.5) is 0 Å². The van der Waals surface area contributed by atoms with Crippen molar-refractivity contribution in [3.63, 3.8) is 0 Å². The average molecular weight is 255 g/mol. The van der Waals surface area contributed by atoms with Gasteiger partial charge in [0.1, 0.15) is 0 Å². The van der Waals surface area contributed by atoms with E-state index in [0.29, 0.717) is 6.54 Å². The Morgan fingerprint density at radius 3 is 2.84 bits per heavy atom. The monoisotopic (exact) mass is 255 g/mol. The minimum absolute atomic E-state index is 0.0611. The lowest BCUT2D eigenvalue weighted by molar-refractivity contribution is 0.536. The number of hydrogen-bond donors (Lipinski definition) is 1. The minimum Gasteiger partial charge on any atom is -0.327 e. The third-order valence-electron chi connectivity index (χ3n) is 3.71. The molecule has 0 bridgehead atoms. The number of hydrogen-bond acceptors (Lipinski definition) is 3. The zero-order valence-corrected chi connectivity index (χ0v) is 10.7. The maximum absolute atomic E-state index is 12.1. The predicted molar refractivity (Wildman–Crippen MR) is 74.0 cm³/mol. The second-order valence-electron chi connectivity index (χ2n) is 5.09. The van der Waals surface area contributed by atoms with Gasteiger partial charge in [0.2, 0.25) is 0 Å². The van der Waals surface area contributed by atoms with Gasteiger partial charge in [0.05, 0.1) is 6.54 Å². The van der Waals surface area contributed by atoms with Gasteiger partial charge in [-0.25, -0.2) is 0 Å². The molecule has 4 nitrogen and oxygen atoms in total. The molecule has 0 spiro atoms. The molecule has 1 aliphatic rings. The highest BCUT2D eigenvalue weighted by molar-refractivity contribution is 5.26. The first kappa shape index (κ1) is 12.1. The van der Waals surface area contributed by atoms with Crippen LogP contribution in [0.5, 0.6) is 0 Å². The quantitative estimate of drug-likeness (QED) is 0.874. The van der Waals surface area contributed by atoms with E-state index in [-0.39, 0.29) is 11.6 Å². The van der Waals surface area contributed by atoms with Crippen molar-refractivity contribution in [2.24, 2.45) is 5.73 Å². The third-order valence-corrected chi connectivity index (χ3v) is 3.71. The largest absolute Gasteiger partial charge is 0.327 e. The van der Waals surface area contributed by atoms with E-state index >= 15 is 0 Å². The van der Waals surface area contributed by atoms with Gasteiger partial charge in [-0.05, 0) is 42.5 Å². The van der Waals surface area contributed by atoms with Gasteiger partial charge < -0.3 is 10.3 Å². The van der Waals surface area contributed by atoms with Crippen LogP contribution >= 0.6 is 0 Å². The summed E-state index contributed by atoms with van der Waals surface area (Å²) in [5, 5.41) is 0. The first-order valence-corrected chi connectivity index (χ1v) is 6.60. The maximum atomic E-state index is 12.1. The van der Waals surface area contributed by atoms with Crippen LogP contribution in [0.1, 0.15) is 23.2 Å². The number of rotatable bonds is 2. The summed E-state index contributed by atoms with van der Waals surface area (Å²) in [5.74, 6) is 0. The zero-order chi connectivity index (χ0) is 13.2. The summed E-state index contributed by atoms with van der Waals surface area (Å²) in [6.45, 7) is 0.611. The summed E-state index contributed by atoms with van der Waals surface area (Å²) >= 11 is 0. The average Bonchev–Trinajstić information content (AvgIpc) is 2.43. The van der Waals surface area contributed by atoms with E-state index in [1.165, 1.54) is 5.56 Å². The van der Waals surface area contributed by atoms with Crippen LogP contribution in [-0.4, -0.2) is 15.6 Å². The Bertz CT molecular complexity index is 634. The summed E-state index contributed by atoms with van der Waals surface area (Å²) in [4.78, 5) is 16.1. The fraction of sp³-hybridized carbons (Fsp3) is 0.333. The fourth-order valence-corrected chi connectivity index (χ4v) is 2.70. The molecule has 1 atom stereocenters. The number of aromatic nitrogens is 2. The molecule has 98 valence electrons. The molecule has 0 amide bonds. The SMILES string of the molecule is N[C@@H]1CCc2c(ccc(=O)n2Cc2ccncc2)C1. The molecular formula is C15H17N3O. The molecule has 0 radical (unpaired) electrons. The molecule has 19 heavy (non-hydrogen) atoms. The lowest BCUT2D eigenvalue weighted by Gasteiger charge is -2.24. The Balaban J connectivity index is 2.01.